The van der Waals surface area contributed by atoms with Crippen LogP contribution in [-0.2, 0) is 0 Å². The Hall–Kier alpha value is -1.47. The van der Waals surface area contributed by atoms with Gasteiger partial charge in [0.2, 0.25) is 5.82 Å². The number of hydrogen-bond donors (Lipinski definition) is 3. The molecule has 0 spiro atoms. The first-order valence-corrected chi connectivity index (χ1v) is 7.30. The van der Waals surface area contributed by atoms with E-state index in [-0.39, 0.29) is 17.6 Å². The molecule has 1 aliphatic heterocycles. The number of aromatic amines is 1. The number of nitrogens with zero attached hydrogens (tertiary/aromatic N) is 3. The molecule has 1 fully saturated rings. The van der Waals surface area contributed by atoms with E-state index >= 15 is 0 Å². The summed E-state index contributed by atoms with van der Waals surface area (Å²) in [6.45, 7) is 10.00. The third kappa shape index (κ3) is 4.28. The summed E-state index contributed by atoms with van der Waals surface area (Å²) in [6.07, 6.45) is 0.952. The van der Waals surface area contributed by atoms with Gasteiger partial charge in [-0.1, -0.05) is 13.8 Å². The second kappa shape index (κ2) is 7.35. The molecule has 112 valence electrons. The van der Waals surface area contributed by atoms with Crippen LogP contribution in [0.1, 0.15) is 42.6 Å². The van der Waals surface area contributed by atoms with Crippen LogP contribution >= 0.6 is 0 Å². The smallest absolute Gasteiger partial charge is 0.290 e. The zero-order valence-corrected chi connectivity index (χ0v) is 12.3. The van der Waals surface area contributed by atoms with Gasteiger partial charge in [0.1, 0.15) is 5.82 Å². The Morgan fingerprint density at radius 1 is 1.40 bits per heavy atom. The van der Waals surface area contributed by atoms with Crippen molar-refractivity contribution in [3.8, 4) is 0 Å². The summed E-state index contributed by atoms with van der Waals surface area (Å²) >= 11 is 0. The van der Waals surface area contributed by atoms with Crippen LogP contribution in [0.5, 0.6) is 0 Å². The Bertz CT molecular complexity index is 424. The van der Waals surface area contributed by atoms with Gasteiger partial charge in [0.15, 0.2) is 0 Å². The van der Waals surface area contributed by atoms with Crippen LogP contribution in [0, 0.1) is 0 Å². The summed E-state index contributed by atoms with van der Waals surface area (Å²) in [5.41, 5.74) is 0. The minimum Gasteiger partial charge on any atom is -0.349 e. The van der Waals surface area contributed by atoms with Gasteiger partial charge in [-0.05, 0) is 13.0 Å². The van der Waals surface area contributed by atoms with E-state index in [1.54, 1.807) is 0 Å². The van der Waals surface area contributed by atoms with Gasteiger partial charge < -0.3 is 15.5 Å². The maximum Gasteiger partial charge on any atom is 0.290 e. The van der Waals surface area contributed by atoms with Gasteiger partial charge in [-0.15, -0.1) is 5.10 Å². The van der Waals surface area contributed by atoms with Crippen LogP contribution in [0.4, 0.5) is 0 Å². The van der Waals surface area contributed by atoms with Gasteiger partial charge in [-0.2, -0.15) is 0 Å². The highest BCUT2D eigenvalue weighted by Crippen LogP contribution is 2.07. The first kappa shape index (κ1) is 14.9. The highest BCUT2D eigenvalue weighted by atomic mass is 16.2. The van der Waals surface area contributed by atoms with Gasteiger partial charge in [-0.25, -0.2) is 4.98 Å². The number of aromatic nitrogens is 3. The number of rotatable bonds is 6. The van der Waals surface area contributed by atoms with Crippen LogP contribution in [-0.4, -0.2) is 65.3 Å². The fourth-order valence-electron chi connectivity index (χ4n) is 2.15. The molecule has 0 atom stereocenters. The second-order valence-electron chi connectivity index (χ2n) is 5.40. The van der Waals surface area contributed by atoms with Crippen molar-refractivity contribution in [1.29, 1.82) is 0 Å². The molecule has 20 heavy (non-hydrogen) atoms. The predicted octanol–water partition coefficient (Wildman–Crippen LogP) is -0.0468. The van der Waals surface area contributed by atoms with Crippen LogP contribution in [0.3, 0.4) is 0 Å². The fourth-order valence-corrected chi connectivity index (χ4v) is 2.15. The summed E-state index contributed by atoms with van der Waals surface area (Å²) in [6, 6.07) is 0. The van der Waals surface area contributed by atoms with Crippen LogP contribution in [0.15, 0.2) is 0 Å². The minimum atomic E-state index is -0.200. The molecule has 2 heterocycles. The number of nitrogens with one attached hydrogen (secondary N) is 3. The van der Waals surface area contributed by atoms with Gasteiger partial charge in [0, 0.05) is 38.6 Å². The second-order valence-corrected chi connectivity index (χ2v) is 5.40. The fraction of sp³-hybridized carbons (Fsp3) is 0.769. The minimum absolute atomic E-state index is 0.200. The summed E-state index contributed by atoms with van der Waals surface area (Å²) < 4.78 is 0. The van der Waals surface area contributed by atoms with Crippen LogP contribution < -0.4 is 10.6 Å². The molecule has 0 saturated carbocycles. The molecule has 1 aromatic rings. The quantitative estimate of drug-likeness (QED) is 0.636. The topological polar surface area (TPSA) is 85.9 Å². The molecule has 0 aromatic carbocycles. The number of hydrogen-bond acceptors (Lipinski definition) is 5. The van der Waals surface area contributed by atoms with E-state index in [1.165, 1.54) is 0 Å². The van der Waals surface area contributed by atoms with E-state index in [2.05, 4.69) is 30.7 Å². The molecule has 0 bridgehead atoms. The van der Waals surface area contributed by atoms with Crippen molar-refractivity contribution in [1.82, 2.24) is 30.7 Å². The number of carbonyl (C=O) groups excluding carboxylic acids is 1. The maximum atomic E-state index is 11.9. The molecule has 2 rings (SSSR count). The Labute approximate surface area is 119 Å². The van der Waals surface area contributed by atoms with Crippen LogP contribution in [0.2, 0.25) is 0 Å². The van der Waals surface area contributed by atoms with E-state index < -0.39 is 0 Å². The van der Waals surface area contributed by atoms with E-state index in [0.29, 0.717) is 6.54 Å². The van der Waals surface area contributed by atoms with E-state index in [9.17, 15) is 4.79 Å². The lowest BCUT2D eigenvalue weighted by molar-refractivity contribution is 0.0941. The SMILES string of the molecule is CC(C)c1nc(C(=O)NCCCN2CCNCC2)n[nH]1. The van der Waals surface area contributed by atoms with Gasteiger partial charge >= 0.3 is 0 Å². The number of piperazine rings is 1. The molecule has 1 aliphatic rings. The Balaban J connectivity index is 1.66. The average molecular weight is 280 g/mol. The summed E-state index contributed by atoms with van der Waals surface area (Å²) in [5, 5.41) is 12.9. The molecule has 0 radical (unpaired) electrons. The van der Waals surface area contributed by atoms with E-state index in [4.69, 9.17) is 0 Å². The van der Waals surface area contributed by atoms with E-state index in [0.717, 1.165) is 45.0 Å². The Morgan fingerprint density at radius 3 is 2.80 bits per heavy atom. The first-order valence-electron chi connectivity index (χ1n) is 7.30. The largest absolute Gasteiger partial charge is 0.349 e. The number of amides is 1. The molecule has 1 aromatic heterocycles. The standard InChI is InChI=1S/C13H24N6O/c1-10(2)11-16-12(18-17-11)13(20)15-4-3-7-19-8-5-14-6-9-19/h10,14H,3-9H2,1-2H3,(H,15,20)(H,16,17,18). The first-order chi connectivity index (χ1) is 9.66. The third-order valence-electron chi connectivity index (χ3n) is 3.40. The molecule has 0 unspecified atom stereocenters. The summed E-state index contributed by atoms with van der Waals surface area (Å²) in [7, 11) is 0. The van der Waals surface area contributed by atoms with E-state index in [1.807, 2.05) is 13.8 Å². The van der Waals surface area contributed by atoms with Crippen molar-refractivity contribution in [2.45, 2.75) is 26.2 Å². The lowest BCUT2D eigenvalue weighted by Gasteiger charge is -2.26. The number of H-pyrrole nitrogens is 1. The lowest BCUT2D eigenvalue weighted by atomic mass is 10.2. The summed E-state index contributed by atoms with van der Waals surface area (Å²) in [4.78, 5) is 18.4. The summed E-state index contributed by atoms with van der Waals surface area (Å²) in [5.74, 6) is 1.03. The van der Waals surface area contributed by atoms with Crippen molar-refractivity contribution < 1.29 is 4.79 Å². The van der Waals surface area contributed by atoms with Crippen LogP contribution in [0.25, 0.3) is 0 Å². The lowest BCUT2D eigenvalue weighted by Crippen LogP contribution is -2.44. The zero-order valence-electron chi connectivity index (χ0n) is 12.3. The van der Waals surface area contributed by atoms with Crippen molar-refractivity contribution in [2.24, 2.45) is 0 Å². The van der Waals surface area contributed by atoms with Gasteiger partial charge in [0.05, 0.1) is 0 Å². The molecule has 1 saturated heterocycles. The van der Waals surface area contributed by atoms with Crippen molar-refractivity contribution in [3.63, 3.8) is 0 Å². The highest BCUT2D eigenvalue weighted by Gasteiger charge is 2.14. The van der Waals surface area contributed by atoms with Gasteiger partial charge in [0.25, 0.3) is 5.91 Å². The van der Waals surface area contributed by atoms with Crippen molar-refractivity contribution in [3.05, 3.63) is 11.6 Å². The highest BCUT2D eigenvalue weighted by molar-refractivity contribution is 5.90. The monoisotopic (exact) mass is 280 g/mol. The Kier molecular flexibility index (Phi) is 5.49. The number of carbonyl (C=O) groups is 1. The molecular formula is C13H24N6O. The maximum absolute atomic E-state index is 11.9. The molecular weight excluding hydrogens is 256 g/mol. The van der Waals surface area contributed by atoms with Crippen molar-refractivity contribution >= 4 is 5.91 Å². The average Bonchev–Trinajstić information content (AvgIpc) is 2.94. The predicted molar refractivity (Wildman–Crippen MR) is 76.7 cm³/mol. The van der Waals surface area contributed by atoms with Crippen molar-refractivity contribution in [2.75, 3.05) is 39.3 Å². The normalized spacial score (nSPS) is 16.6. The molecule has 1 amide bonds. The zero-order chi connectivity index (χ0) is 14.4. The molecule has 7 nitrogen and oxygen atoms in total. The Morgan fingerprint density at radius 2 is 2.15 bits per heavy atom. The van der Waals surface area contributed by atoms with Gasteiger partial charge in [-0.3, -0.25) is 9.89 Å². The molecule has 3 N–H and O–H groups in total. The molecule has 7 heteroatoms. The third-order valence-corrected chi connectivity index (χ3v) is 3.40. The molecule has 0 aliphatic carbocycles.